The number of halogens is 2. The van der Waals surface area contributed by atoms with Crippen LogP contribution in [0.15, 0.2) is 71.6 Å². The van der Waals surface area contributed by atoms with E-state index in [0.29, 0.717) is 44.1 Å². The molecule has 2 bridgehead atoms. The zero-order chi connectivity index (χ0) is 33.6. The Kier molecular flexibility index (Phi) is 8.89. The van der Waals surface area contributed by atoms with Crippen molar-refractivity contribution < 1.29 is 22.0 Å². The fraction of sp³-hybridized carbons (Fsp3) is 0.459. The average molecular weight is 676 g/mol. The summed E-state index contributed by atoms with van der Waals surface area (Å²) in [5, 5.41) is 5.33. The van der Waals surface area contributed by atoms with E-state index in [1.165, 1.54) is 30.0 Å². The summed E-state index contributed by atoms with van der Waals surface area (Å²) in [6.07, 6.45) is 6.92. The van der Waals surface area contributed by atoms with Crippen molar-refractivity contribution in [3.8, 4) is 0 Å². The van der Waals surface area contributed by atoms with Gasteiger partial charge in [0, 0.05) is 36.8 Å². The molecule has 11 heteroatoms. The standard InChI is InChI=1S/C37H43F2N5O3S/c1-25-41-32-9-5-6-10-33(32)44(25)30-21-28-12-13-29(22-30)43(28)20-17-37(27-7-3-2-4-8-27)15-18-42(19-16-37)36(45)35-26(23-38)11-14-34(31(35)24-39)48(40,46)47/h2-11,14,28-30H,12-13,15-24H2,1H3,(H2,40,46,47). The van der Waals surface area contributed by atoms with Crippen molar-refractivity contribution in [1.82, 2.24) is 19.4 Å². The number of aromatic nitrogens is 2. The number of aryl methyl sites for hydroxylation is 1. The predicted molar refractivity (Wildman–Crippen MR) is 182 cm³/mol. The number of nitrogens with zero attached hydrogens (tertiary/aromatic N) is 4. The van der Waals surface area contributed by atoms with Gasteiger partial charge in [0.2, 0.25) is 10.0 Å². The number of carbonyl (C=O) groups excluding carboxylic acids is 1. The maximum absolute atomic E-state index is 14.3. The number of alkyl halides is 2. The number of rotatable bonds is 9. The highest BCUT2D eigenvalue weighted by molar-refractivity contribution is 7.89. The molecule has 48 heavy (non-hydrogen) atoms. The first-order valence-corrected chi connectivity index (χ1v) is 18.5. The van der Waals surface area contributed by atoms with E-state index in [1.807, 2.05) is 12.1 Å². The lowest BCUT2D eigenvalue weighted by Crippen LogP contribution is -2.49. The molecule has 0 radical (unpaired) electrons. The van der Waals surface area contributed by atoms with Crippen molar-refractivity contribution in [2.24, 2.45) is 5.14 Å². The molecule has 1 aromatic heterocycles. The van der Waals surface area contributed by atoms with Crippen LogP contribution >= 0.6 is 0 Å². The molecule has 4 aromatic rings. The largest absolute Gasteiger partial charge is 0.339 e. The van der Waals surface area contributed by atoms with Gasteiger partial charge in [0.05, 0.1) is 21.5 Å². The molecule has 4 heterocycles. The first-order valence-electron chi connectivity index (χ1n) is 17.0. The second kappa shape index (κ2) is 13.0. The van der Waals surface area contributed by atoms with E-state index in [9.17, 15) is 22.0 Å². The number of primary sulfonamides is 1. The van der Waals surface area contributed by atoms with Gasteiger partial charge in [-0.1, -0.05) is 48.5 Å². The second-order valence-corrected chi connectivity index (χ2v) is 15.4. The van der Waals surface area contributed by atoms with Crippen molar-refractivity contribution in [3.05, 3.63) is 94.8 Å². The molecule has 3 aliphatic heterocycles. The lowest BCUT2D eigenvalue weighted by Gasteiger charge is -2.46. The third-order valence-corrected chi connectivity index (χ3v) is 12.4. The quantitative estimate of drug-likeness (QED) is 0.223. The Bertz CT molecular complexity index is 1910. The van der Waals surface area contributed by atoms with Gasteiger partial charge in [0.1, 0.15) is 19.2 Å². The van der Waals surface area contributed by atoms with Crippen LogP contribution in [0.4, 0.5) is 8.78 Å². The number of sulfonamides is 1. The number of fused-ring (bicyclic) bond motifs is 3. The summed E-state index contributed by atoms with van der Waals surface area (Å²) < 4.78 is 55.2. The molecule has 8 nitrogen and oxygen atoms in total. The minimum absolute atomic E-state index is 0.0299. The van der Waals surface area contributed by atoms with Crippen LogP contribution in [0.1, 0.15) is 83.9 Å². The van der Waals surface area contributed by atoms with Gasteiger partial charge in [-0.15, -0.1) is 0 Å². The fourth-order valence-electron chi connectivity index (χ4n) is 9.02. The molecular weight excluding hydrogens is 633 g/mol. The number of likely N-dealkylation sites (tertiary alicyclic amines) is 1. The Balaban J connectivity index is 1.09. The smallest absolute Gasteiger partial charge is 0.254 e. The van der Waals surface area contributed by atoms with E-state index in [4.69, 9.17) is 10.1 Å². The van der Waals surface area contributed by atoms with Crippen LogP contribution in [0.25, 0.3) is 11.0 Å². The molecule has 3 aromatic carbocycles. The van der Waals surface area contributed by atoms with Crippen LogP contribution in [0.2, 0.25) is 0 Å². The predicted octanol–water partition coefficient (Wildman–Crippen LogP) is 6.36. The lowest BCUT2D eigenvalue weighted by molar-refractivity contribution is 0.0603. The molecule has 1 amide bonds. The van der Waals surface area contributed by atoms with Gasteiger partial charge >= 0.3 is 0 Å². The van der Waals surface area contributed by atoms with Gasteiger partial charge in [0.25, 0.3) is 5.91 Å². The average Bonchev–Trinajstić information content (AvgIpc) is 3.56. The number of carbonyl (C=O) groups is 1. The molecule has 254 valence electrons. The Morgan fingerprint density at radius 3 is 2.23 bits per heavy atom. The summed E-state index contributed by atoms with van der Waals surface area (Å²) in [4.78, 5) is 22.6. The molecular formula is C37H43F2N5O3S. The van der Waals surface area contributed by atoms with E-state index >= 15 is 0 Å². The molecule has 3 fully saturated rings. The molecule has 0 aliphatic carbocycles. The van der Waals surface area contributed by atoms with Crippen molar-refractivity contribution in [1.29, 1.82) is 0 Å². The van der Waals surface area contributed by atoms with Crippen LogP contribution < -0.4 is 5.14 Å². The molecule has 0 saturated carbocycles. The van der Waals surface area contributed by atoms with E-state index < -0.39 is 34.2 Å². The highest BCUT2D eigenvalue weighted by Gasteiger charge is 2.44. The Morgan fingerprint density at radius 2 is 1.58 bits per heavy atom. The first kappa shape index (κ1) is 32.9. The molecule has 0 spiro atoms. The maximum Gasteiger partial charge on any atom is 0.254 e. The topological polar surface area (TPSA) is 102 Å². The molecule has 3 saturated heterocycles. The van der Waals surface area contributed by atoms with E-state index in [2.05, 4.69) is 58.9 Å². The summed E-state index contributed by atoms with van der Waals surface area (Å²) >= 11 is 0. The highest BCUT2D eigenvalue weighted by Crippen LogP contribution is 2.45. The van der Waals surface area contributed by atoms with Crippen LogP contribution in [-0.2, 0) is 28.8 Å². The Hall–Kier alpha value is -3.67. The first-order chi connectivity index (χ1) is 23.1. The minimum Gasteiger partial charge on any atom is -0.339 e. The highest BCUT2D eigenvalue weighted by atomic mass is 32.2. The van der Waals surface area contributed by atoms with Gasteiger partial charge < -0.3 is 9.47 Å². The van der Waals surface area contributed by atoms with Gasteiger partial charge in [0.15, 0.2) is 0 Å². The minimum atomic E-state index is -4.30. The molecule has 3 aliphatic rings. The number of para-hydroxylation sites is 2. The van der Waals surface area contributed by atoms with Crippen LogP contribution in [0.3, 0.4) is 0 Å². The summed E-state index contributed by atoms with van der Waals surface area (Å²) in [5.74, 6) is 0.525. The number of hydrogen-bond acceptors (Lipinski definition) is 5. The second-order valence-electron chi connectivity index (χ2n) is 13.8. The fourth-order valence-corrected chi connectivity index (χ4v) is 9.77. The summed E-state index contributed by atoms with van der Waals surface area (Å²) in [7, 11) is -4.30. The third-order valence-electron chi connectivity index (χ3n) is 11.4. The van der Waals surface area contributed by atoms with Gasteiger partial charge in [-0.05, 0) is 93.2 Å². The number of nitrogens with two attached hydrogens (primary N) is 1. The Labute approximate surface area is 281 Å². The third kappa shape index (κ3) is 5.83. The van der Waals surface area contributed by atoms with Gasteiger partial charge in [-0.3, -0.25) is 9.69 Å². The number of benzene rings is 3. The zero-order valence-corrected chi connectivity index (χ0v) is 28.1. The number of imidazole rings is 1. The Morgan fingerprint density at radius 1 is 0.917 bits per heavy atom. The lowest BCUT2D eigenvalue weighted by atomic mass is 9.70. The summed E-state index contributed by atoms with van der Waals surface area (Å²) in [6, 6.07) is 22.6. The normalized spacial score (nSPS) is 22.8. The molecule has 7 rings (SSSR count). The van der Waals surface area contributed by atoms with E-state index in [0.717, 1.165) is 43.2 Å². The number of hydrogen-bond donors (Lipinski definition) is 1. The maximum atomic E-state index is 14.3. The van der Waals surface area contributed by atoms with Crippen LogP contribution in [0, 0.1) is 6.92 Å². The zero-order valence-electron chi connectivity index (χ0n) is 27.3. The van der Waals surface area contributed by atoms with Crippen molar-refractivity contribution in [2.45, 2.75) is 93.7 Å². The monoisotopic (exact) mass is 675 g/mol. The SMILES string of the molecule is Cc1nc2ccccc2n1C1CC2CCC(C1)N2CCC1(c2ccccc2)CCN(C(=O)c2c(CF)ccc(S(N)(=O)=O)c2CF)CC1. The van der Waals surface area contributed by atoms with Crippen molar-refractivity contribution >= 4 is 27.0 Å². The van der Waals surface area contributed by atoms with Crippen LogP contribution in [0.5, 0.6) is 0 Å². The van der Waals surface area contributed by atoms with Gasteiger partial charge in [-0.25, -0.2) is 27.3 Å². The van der Waals surface area contributed by atoms with Crippen molar-refractivity contribution in [2.75, 3.05) is 19.6 Å². The number of amides is 1. The van der Waals surface area contributed by atoms with Gasteiger partial charge in [-0.2, -0.15) is 0 Å². The summed E-state index contributed by atoms with van der Waals surface area (Å²) in [5.41, 5.74) is 2.72. The molecule has 2 unspecified atom stereocenters. The molecule has 2 N–H and O–H groups in total. The van der Waals surface area contributed by atoms with E-state index in [1.54, 1.807) is 4.90 Å². The number of piperidine rings is 2. The van der Waals surface area contributed by atoms with E-state index in [-0.39, 0.29) is 22.1 Å². The molecule has 2 atom stereocenters. The summed E-state index contributed by atoms with van der Waals surface area (Å²) in [6.45, 7) is 1.61. The van der Waals surface area contributed by atoms with Crippen molar-refractivity contribution in [3.63, 3.8) is 0 Å². The van der Waals surface area contributed by atoms with Crippen LogP contribution in [-0.4, -0.2) is 65.4 Å².